The smallest absolute Gasteiger partial charge is 0.270 e. The number of aromatic nitrogens is 1. The number of hydrogen-bond donors (Lipinski definition) is 0. The minimum absolute atomic E-state index is 0.235. The molecule has 1 aromatic carbocycles. The molecular formula is C10H6N2O2. The summed E-state index contributed by atoms with van der Waals surface area (Å²) in [6.07, 6.45) is 1.04. The van der Waals surface area contributed by atoms with Gasteiger partial charge in [-0.05, 0) is 5.56 Å². The van der Waals surface area contributed by atoms with E-state index in [2.05, 4.69) is 4.57 Å². The van der Waals surface area contributed by atoms with Crippen molar-refractivity contribution in [3.8, 4) is 0 Å². The van der Waals surface area contributed by atoms with E-state index in [9.17, 15) is 10.1 Å². The van der Waals surface area contributed by atoms with Crippen LogP contribution in [0.5, 0.6) is 0 Å². The van der Waals surface area contributed by atoms with E-state index < -0.39 is 0 Å². The molecule has 0 fully saturated rings. The standard InChI is InChI=1S/C10H6N2O2/c13-12(14)6-1-5-4-11-9-3-7(9)8(2-6)10(5)11/h1-2H,3-4H2. The van der Waals surface area contributed by atoms with E-state index in [-0.39, 0.29) is 10.6 Å². The minimum Gasteiger partial charge on any atom is -0.339 e. The molecule has 0 saturated carbocycles. The van der Waals surface area contributed by atoms with Gasteiger partial charge in [-0.1, -0.05) is 0 Å². The molecule has 2 heterocycles. The van der Waals surface area contributed by atoms with Crippen LogP contribution in [-0.4, -0.2) is 9.49 Å². The van der Waals surface area contributed by atoms with E-state index in [1.165, 1.54) is 16.8 Å². The molecule has 2 aliphatic rings. The van der Waals surface area contributed by atoms with E-state index in [0.717, 1.165) is 23.9 Å². The van der Waals surface area contributed by atoms with Gasteiger partial charge < -0.3 is 4.57 Å². The number of hydrogen-bond acceptors (Lipinski definition) is 2. The normalized spacial score (nSPS) is 15.1. The third-order valence-corrected chi connectivity index (χ3v) is 3.20. The van der Waals surface area contributed by atoms with Crippen LogP contribution in [0.1, 0.15) is 16.8 Å². The zero-order valence-electron chi connectivity index (χ0n) is 7.28. The molecule has 0 atom stereocenters. The number of nitro benzene ring substituents is 1. The lowest BCUT2D eigenvalue weighted by atomic mass is 10.0. The third kappa shape index (κ3) is 0.529. The van der Waals surface area contributed by atoms with Crippen molar-refractivity contribution in [3.05, 3.63) is 39.1 Å². The van der Waals surface area contributed by atoms with Gasteiger partial charge in [0.15, 0.2) is 0 Å². The Morgan fingerprint density at radius 1 is 1.43 bits per heavy atom. The maximum atomic E-state index is 10.7. The van der Waals surface area contributed by atoms with Crippen LogP contribution < -0.4 is 0 Å². The van der Waals surface area contributed by atoms with Crippen molar-refractivity contribution in [3.63, 3.8) is 0 Å². The van der Waals surface area contributed by atoms with Crippen LogP contribution in [0.25, 0.3) is 10.9 Å². The maximum Gasteiger partial charge on any atom is 0.270 e. The second-order valence-electron chi connectivity index (χ2n) is 3.95. The summed E-state index contributed by atoms with van der Waals surface area (Å²) in [6, 6.07) is 3.40. The molecule has 4 rings (SSSR count). The Balaban J connectivity index is 2.17. The fourth-order valence-electron chi connectivity index (χ4n) is 2.47. The Morgan fingerprint density at radius 3 is 3.07 bits per heavy atom. The molecule has 0 amide bonds. The van der Waals surface area contributed by atoms with Crippen molar-refractivity contribution in [1.82, 2.24) is 4.57 Å². The summed E-state index contributed by atoms with van der Waals surface area (Å²) in [5.74, 6) is 0. The van der Waals surface area contributed by atoms with Crippen molar-refractivity contribution in [2.24, 2.45) is 0 Å². The highest BCUT2D eigenvalue weighted by molar-refractivity contribution is 5.96. The number of nitrogens with zero attached hydrogens (tertiary/aromatic N) is 2. The number of rotatable bonds is 1. The molecule has 14 heavy (non-hydrogen) atoms. The monoisotopic (exact) mass is 186 g/mol. The Bertz CT molecular complexity index is 625. The summed E-state index contributed by atoms with van der Waals surface area (Å²) >= 11 is 0. The minimum atomic E-state index is -0.305. The Hall–Kier alpha value is -1.84. The quantitative estimate of drug-likeness (QED) is 0.336. The van der Waals surface area contributed by atoms with Gasteiger partial charge in [-0.3, -0.25) is 10.1 Å². The molecule has 1 aliphatic heterocycles. The lowest BCUT2D eigenvalue weighted by Gasteiger charge is -2.20. The lowest BCUT2D eigenvalue weighted by Crippen LogP contribution is -2.12. The molecule has 0 N–H and O–H groups in total. The van der Waals surface area contributed by atoms with E-state index in [0.29, 0.717) is 0 Å². The van der Waals surface area contributed by atoms with Crippen molar-refractivity contribution in [2.45, 2.75) is 13.0 Å². The van der Waals surface area contributed by atoms with Gasteiger partial charge in [-0.15, -0.1) is 0 Å². The predicted molar refractivity (Wildman–Crippen MR) is 50.5 cm³/mol. The molecule has 4 nitrogen and oxygen atoms in total. The average Bonchev–Trinajstić information content (AvgIpc) is 2.81. The highest BCUT2D eigenvalue weighted by atomic mass is 16.6. The predicted octanol–water partition coefficient (Wildman–Crippen LogP) is 1.82. The van der Waals surface area contributed by atoms with Crippen molar-refractivity contribution in [2.75, 3.05) is 0 Å². The van der Waals surface area contributed by atoms with Crippen molar-refractivity contribution in [1.29, 1.82) is 0 Å². The average molecular weight is 186 g/mol. The van der Waals surface area contributed by atoms with Gasteiger partial charge in [-0.2, -0.15) is 0 Å². The van der Waals surface area contributed by atoms with E-state index in [1.54, 1.807) is 12.1 Å². The highest BCUT2D eigenvalue weighted by Crippen LogP contribution is 2.46. The molecule has 0 spiro atoms. The van der Waals surface area contributed by atoms with E-state index in [4.69, 9.17) is 0 Å². The molecular weight excluding hydrogens is 180 g/mol. The Kier molecular flexibility index (Phi) is 0.792. The van der Waals surface area contributed by atoms with Crippen molar-refractivity contribution < 1.29 is 4.92 Å². The summed E-state index contributed by atoms with van der Waals surface area (Å²) in [5, 5.41) is 11.8. The van der Waals surface area contributed by atoms with E-state index >= 15 is 0 Å². The first-order chi connectivity index (χ1) is 6.75. The molecule has 1 aliphatic carbocycles. The number of non-ortho nitro benzene ring substituents is 1. The summed E-state index contributed by atoms with van der Waals surface area (Å²) in [5.41, 5.74) is 5.29. The van der Waals surface area contributed by atoms with Crippen LogP contribution in [0.3, 0.4) is 0 Å². The second kappa shape index (κ2) is 1.68. The highest BCUT2D eigenvalue weighted by Gasteiger charge is 2.35. The van der Waals surface area contributed by atoms with Gasteiger partial charge in [0, 0.05) is 35.2 Å². The second-order valence-corrected chi connectivity index (χ2v) is 3.95. The summed E-state index contributed by atoms with van der Waals surface area (Å²) in [7, 11) is 0. The Morgan fingerprint density at radius 2 is 2.29 bits per heavy atom. The first-order valence-corrected chi connectivity index (χ1v) is 4.57. The van der Waals surface area contributed by atoms with Gasteiger partial charge in [0.2, 0.25) is 0 Å². The number of nitro groups is 1. The van der Waals surface area contributed by atoms with Crippen LogP contribution >= 0.6 is 0 Å². The fraction of sp³-hybridized carbons (Fsp3) is 0.200. The van der Waals surface area contributed by atoms with E-state index in [1.807, 2.05) is 0 Å². The molecule has 0 bridgehead atoms. The summed E-state index contributed by atoms with van der Waals surface area (Å²) in [4.78, 5) is 10.4. The first-order valence-electron chi connectivity index (χ1n) is 4.57. The van der Waals surface area contributed by atoms with Gasteiger partial charge in [0.05, 0.1) is 17.0 Å². The zero-order chi connectivity index (χ0) is 9.45. The summed E-state index contributed by atoms with van der Waals surface area (Å²) in [6.45, 7) is 0.864. The zero-order valence-corrected chi connectivity index (χ0v) is 7.28. The molecule has 0 unspecified atom stereocenters. The van der Waals surface area contributed by atoms with Crippen LogP contribution in [0.15, 0.2) is 12.1 Å². The maximum absolute atomic E-state index is 10.7. The molecule has 2 aromatic rings. The fourth-order valence-corrected chi connectivity index (χ4v) is 2.47. The molecule has 68 valence electrons. The third-order valence-electron chi connectivity index (χ3n) is 3.20. The van der Waals surface area contributed by atoms with Gasteiger partial charge in [0.1, 0.15) is 0 Å². The Labute approximate surface area is 78.9 Å². The molecule has 0 saturated heterocycles. The topological polar surface area (TPSA) is 48.1 Å². The van der Waals surface area contributed by atoms with Crippen LogP contribution in [0.4, 0.5) is 5.69 Å². The van der Waals surface area contributed by atoms with Crippen LogP contribution in [0.2, 0.25) is 0 Å². The molecule has 4 heteroatoms. The van der Waals surface area contributed by atoms with Crippen LogP contribution in [-0.2, 0) is 13.0 Å². The first kappa shape index (κ1) is 6.59. The SMILES string of the molecule is O=[N+]([O-])c1cc2c3c(c1)c1c(n3C2)C1. The van der Waals surface area contributed by atoms with Gasteiger partial charge >= 0.3 is 0 Å². The van der Waals surface area contributed by atoms with Crippen molar-refractivity contribution >= 4 is 16.6 Å². The lowest BCUT2D eigenvalue weighted by molar-refractivity contribution is -0.384. The molecule has 0 radical (unpaired) electrons. The number of fused-ring (bicyclic) bond motifs is 3. The summed E-state index contributed by atoms with van der Waals surface area (Å²) < 4.78 is 2.27. The van der Waals surface area contributed by atoms with Gasteiger partial charge in [0.25, 0.3) is 5.69 Å². The van der Waals surface area contributed by atoms with Crippen LogP contribution in [0, 0.1) is 10.1 Å². The number of benzene rings is 1. The van der Waals surface area contributed by atoms with Gasteiger partial charge in [-0.25, -0.2) is 0 Å². The largest absolute Gasteiger partial charge is 0.339 e. The molecule has 1 aromatic heterocycles.